The largest absolute Gasteiger partial charge is 0.289 e. The molecule has 2 atom stereocenters. The average molecular weight is 327 g/mol. The van der Waals surface area contributed by atoms with Gasteiger partial charge in [0.2, 0.25) is 0 Å². The zero-order valence-electron chi connectivity index (χ0n) is 11.5. The molecule has 2 N–H and O–H groups in total. The molecule has 1 amide bonds. The van der Waals surface area contributed by atoms with E-state index in [0.717, 1.165) is 6.08 Å². The van der Waals surface area contributed by atoms with Crippen molar-refractivity contribution in [3.8, 4) is 0 Å². The molecule has 0 aliphatic heterocycles. The van der Waals surface area contributed by atoms with Crippen molar-refractivity contribution in [2.24, 2.45) is 0 Å². The molecular formula is C15H15F2NO3S. The number of nitrogens with one attached hydrogen (secondary N) is 1. The number of carbonyl (C=O) groups excluding carboxylic acids is 1. The highest BCUT2D eigenvalue weighted by Crippen LogP contribution is 2.35. The van der Waals surface area contributed by atoms with E-state index in [0.29, 0.717) is 11.1 Å². The van der Waals surface area contributed by atoms with Gasteiger partial charge in [0.05, 0.1) is 5.25 Å². The fourth-order valence-corrected chi connectivity index (χ4v) is 3.60. The molecule has 0 spiro atoms. The molecule has 0 radical (unpaired) electrons. The summed E-state index contributed by atoms with van der Waals surface area (Å²) in [5.41, 5.74) is 2.56. The Morgan fingerprint density at radius 1 is 1.36 bits per heavy atom. The molecule has 0 saturated heterocycles. The molecule has 2 unspecified atom stereocenters. The number of alkyl halides is 2. The van der Waals surface area contributed by atoms with Crippen molar-refractivity contribution < 1.29 is 23.0 Å². The van der Waals surface area contributed by atoms with Crippen LogP contribution in [0.25, 0.3) is 0 Å². The van der Waals surface area contributed by atoms with E-state index in [9.17, 15) is 17.8 Å². The van der Waals surface area contributed by atoms with Gasteiger partial charge in [0, 0.05) is 17.2 Å². The smallest absolute Gasteiger partial charge is 0.270 e. The van der Waals surface area contributed by atoms with Crippen LogP contribution in [0.15, 0.2) is 54.1 Å². The molecule has 0 saturated carbocycles. The summed E-state index contributed by atoms with van der Waals surface area (Å²) in [6.45, 7) is 0. The zero-order chi connectivity index (χ0) is 16.2. The molecule has 22 heavy (non-hydrogen) atoms. The summed E-state index contributed by atoms with van der Waals surface area (Å²) in [5, 5.41) is 7.85. The van der Waals surface area contributed by atoms with Gasteiger partial charge < -0.3 is 0 Å². The maximum Gasteiger partial charge on any atom is 0.270 e. The minimum atomic E-state index is -2.91. The van der Waals surface area contributed by atoms with E-state index in [-0.39, 0.29) is 0 Å². The molecule has 0 heterocycles. The second-order valence-electron chi connectivity index (χ2n) is 4.85. The zero-order valence-corrected chi connectivity index (χ0v) is 12.4. The van der Waals surface area contributed by atoms with E-state index < -0.39 is 40.1 Å². The topological polar surface area (TPSA) is 66.4 Å². The molecular weight excluding hydrogens is 312 g/mol. The summed E-state index contributed by atoms with van der Waals surface area (Å²) < 4.78 is 38.9. The number of hydrogen-bond donors (Lipinski definition) is 2. The van der Waals surface area contributed by atoms with Crippen LogP contribution < -0.4 is 5.48 Å². The molecule has 1 aromatic carbocycles. The summed E-state index contributed by atoms with van der Waals surface area (Å²) in [6, 6.07) is 8.71. The van der Waals surface area contributed by atoms with E-state index >= 15 is 0 Å². The fraction of sp³-hybridized carbons (Fsp3) is 0.267. The lowest BCUT2D eigenvalue weighted by Crippen LogP contribution is -2.27. The van der Waals surface area contributed by atoms with Crippen LogP contribution >= 0.6 is 0 Å². The van der Waals surface area contributed by atoms with Crippen LogP contribution in [-0.2, 0) is 15.6 Å². The van der Waals surface area contributed by atoms with Crippen LogP contribution in [0.3, 0.4) is 0 Å². The Balaban J connectivity index is 2.31. The summed E-state index contributed by atoms with van der Waals surface area (Å²) >= 11 is 0. The molecule has 1 aliphatic rings. The van der Waals surface area contributed by atoms with Crippen molar-refractivity contribution >= 4 is 16.7 Å². The number of rotatable bonds is 5. The predicted octanol–water partition coefficient (Wildman–Crippen LogP) is 2.50. The van der Waals surface area contributed by atoms with Crippen molar-refractivity contribution in [3.05, 3.63) is 59.7 Å². The lowest BCUT2D eigenvalue weighted by molar-refractivity contribution is -0.126. The van der Waals surface area contributed by atoms with Gasteiger partial charge in [-0.05, 0) is 17.2 Å². The highest BCUT2D eigenvalue weighted by atomic mass is 32.2. The molecule has 0 bridgehead atoms. The SMILES string of the molecule is O=C(CS(=O)C(C1=CCC(F)(F)C=C1)c1ccccc1)NO. The van der Waals surface area contributed by atoms with Gasteiger partial charge in [-0.3, -0.25) is 14.2 Å². The summed E-state index contributed by atoms with van der Waals surface area (Å²) in [6.07, 6.45) is 2.90. The van der Waals surface area contributed by atoms with Crippen LogP contribution in [0.2, 0.25) is 0 Å². The Labute approximate surface area is 128 Å². The third-order valence-electron chi connectivity index (χ3n) is 3.20. The van der Waals surface area contributed by atoms with Crippen LogP contribution in [0.5, 0.6) is 0 Å². The Kier molecular flexibility index (Phi) is 5.20. The first-order chi connectivity index (χ1) is 10.4. The molecule has 118 valence electrons. The van der Waals surface area contributed by atoms with Gasteiger partial charge >= 0.3 is 0 Å². The number of amides is 1. The van der Waals surface area contributed by atoms with Gasteiger partial charge in [0.1, 0.15) is 5.75 Å². The maximum atomic E-state index is 13.2. The van der Waals surface area contributed by atoms with Crippen LogP contribution in [-0.4, -0.2) is 27.0 Å². The number of hydroxylamine groups is 1. The van der Waals surface area contributed by atoms with E-state index in [1.54, 1.807) is 30.3 Å². The number of carbonyl (C=O) groups is 1. The Morgan fingerprint density at radius 2 is 2.05 bits per heavy atom. The van der Waals surface area contributed by atoms with Crippen molar-refractivity contribution in [1.29, 1.82) is 0 Å². The standard InChI is InChI=1S/C15H15F2NO3S/c16-15(17)8-6-12(7-9-15)14(11-4-2-1-3-5-11)22(21)10-13(19)18-20/h1-8,14,20H,9-10H2,(H,18,19). The Morgan fingerprint density at radius 3 is 2.59 bits per heavy atom. The lowest BCUT2D eigenvalue weighted by atomic mass is 9.97. The van der Waals surface area contributed by atoms with Gasteiger partial charge in [-0.15, -0.1) is 0 Å². The minimum absolute atomic E-state index is 0.419. The van der Waals surface area contributed by atoms with Gasteiger partial charge in [-0.25, -0.2) is 14.3 Å². The minimum Gasteiger partial charge on any atom is -0.289 e. The first-order valence-corrected chi connectivity index (χ1v) is 7.93. The molecule has 1 aliphatic carbocycles. The van der Waals surface area contributed by atoms with Crippen molar-refractivity contribution in [2.75, 3.05) is 5.75 Å². The van der Waals surface area contributed by atoms with E-state index in [2.05, 4.69) is 0 Å². The monoisotopic (exact) mass is 327 g/mol. The highest BCUT2D eigenvalue weighted by molar-refractivity contribution is 7.86. The number of hydrogen-bond acceptors (Lipinski definition) is 3. The quantitative estimate of drug-likeness (QED) is 0.645. The van der Waals surface area contributed by atoms with Crippen LogP contribution in [0.1, 0.15) is 17.2 Å². The lowest BCUT2D eigenvalue weighted by Gasteiger charge is -2.22. The van der Waals surface area contributed by atoms with Crippen LogP contribution in [0.4, 0.5) is 8.78 Å². The first kappa shape index (κ1) is 16.5. The third kappa shape index (κ3) is 4.08. The Bertz CT molecular complexity index is 629. The summed E-state index contributed by atoms with van der Waals surface area (Å²) in [7, 11) is -1.70. The fourth-order valence-electron chi connectivity index (χ4n) is 2.17. The highest BCUT2D eigenvalue weighted by Gasteiger charge is 2.31. The van der Waals surface area contributed by atoms with Crippen molar-refractivity contribution in [1.82, 2.24) is 5.48 Å². The van der Waals surface area contributed by atoms with Crippen molar-refractivity contribution in [3.63, 3.8) is 0 Å². The average Bonchev–Trinajstić information content (AvgIpc) is 2.50. The predicted molar refractivity (Wildman–Crippen MR) is 78.9 cm³/mol. The second kappa shape index (κ2) is 6.93. The number of halogens is 2. The van der Waals surface area contributed by atoms with Gasteiger partial charge in [0.15, 0.2) is 0 Å². The molecule has 7 heteroatoms. The van der Waals surface area contributed by atoms with Gasteiger partial charge in [-0.1, -0.05) is 42.5 Å². The summed E-state index contributed by atoms with van der Waals surface area (Å²) in [4.78, 5) is 11.2. The Hall–Kier alpha value is -1.86. The summed E-state index contributed by atoms with van der Waals surface area (Å²) in [5.74, 6) is -4.11. The molecule has 0 fully saturated rings. The molecule has 1 aromatic rings. The number of allylic oxidation sites excluding steroid dienone is 3. The van der Waals surface area contributed by atoms with E-state index in [1.165, 1.54) is 17.6 Å². The van der Waals surface area contributed by atoms with E-state index in [4.69, 9.17) is 5.21 Å². The normalized spacial score (nSPS) is 19.1. The molecule has 0 aromatic heterocycles. The molecule has 4 nitrogen and oxygen atoms in total. The first-order valence-electron chi connectivity index (χ1n) is 6.55. The molecule has 2 rings (SSSR count). The maximum absolute atomic E-state index is 13.2. The second-order valence-corrected chi connectivity index (χ2v) is 6.37. The van der Waals surface area contributed by atoms with Gasteiger partial charge in [0.25, 0.3) is 11.8 Å². The number of benzene rings is 1. The van der Waals surface area contributed by atoms with Gasteiger partial charge in [-0.2, -0.15) is 0 Å². The van der Waals surface area contributed by atoms with Crippen LogP contribution in [0, 0.1) is 0 Å². The third-order valence-corrected chi connectivity index (χ3v) is 4.81. The van der Waals surface area contributed by atoms with E-state index in [1.807, 2.05) is 0 Å². The van der Waals surface area contributed by atoms with Crippen molar-refractivity contribution in [2.45, 2.75) is 17.6 Å².